The van der Waals surface area contributed by atoms with Crippen LogP contribution in [0.1, 0.15) is 52.1 Å². The summed E-state index contributed by atoms with van der Waals surface area (Å²) in [6.07, 6.45) is 3.08. The summed E-state index contributed by atoms with van der Waals surface area (Å²) in [6, 6.07) is 1.01. The number of hydrogen-bond donors (Lipinski definition) is 1. The molecule has 19 heavy (non-hydrogen) atoms. The Bertz CT molecular complexity index is 390. The minimum atomic E-state index is 0.233. The Balaban J connectivity index is 2.20. The Morgan fingerprint density at radius 3 is 2.79 bits per heavy atom. The Kier molecular flexibility index (Phi) is 4.64. The van der Waals surface area contributed by atoms with Crippen molar-refractivity contribution in [3.8, 4) is 0 Å². The lowest BCUT2D eigenvalue weighted by Crippen LogP contribution is -2.64. The fourth-order valence-electron chi connectivity index (χ4n) is 2.91. The van der Waals surface area contributed by atoms with Gasteiger partial charge in [-0.1, -0.05) is 20.8 Å². The zero-order valence-electron chi connectivity index (χ0n) is 12.8. The van der Waals surface area contributed by atoms with E-state index in [1.807, 2.05) is 6.20 Å². The van der Waals surface area contributed by atoms with E-state index in [2.05, 4.69) is 55.2 Å². The van der Waals surface area contributed by atoms with Gasteiger partial charge in [-0.2, -0.15) is 0 Å². The lowest BCUT2D eigenvalue weighted by atomic mass is 9.89. The molecule has 4 heteroatoms. The Morgan fingerprint density at radius 1 is 1.53 bits per heavy atom. The molecule has 108 valence electrons. The van der Waals surface area contributed by atoms with Gasteiger partial charge in [0.15, 0.2) is 0 Å². The predicted molar refractivity (Wildman–Crippen MR) is 82.6 cm³/mol. The third-order valence-corrected chi connectivity index (χ3v) is 5.50. The SMILES string of the molecule is CCC1(C)CN(C(C)c2nccs2)C(C(C)C)CN1. The highest BCUT2D eigenvalue weighted by Crippen LogP contribution is 2.31. The van der Waals surface area contributed by atoms with Crippen molar-refractivity contribution in [1.82, 2.24) is 15.2 Å². The molecular formula is C15H27N3S. The summed E-state index contributed by atoms with van der Waals surface area (Å²) in [4.78, 5) is 7.17. The fourth-order valence-corrected chi connectivity index (χ4v) is 3.62. The Labute approximate surface area is 121 Å². The van der Waals surface area contributed by atoms with Crippen molar-refractivity contribution in [3.63, 3.8) is 0 Å². The number of aromatic nitrogens is 1. The van der Waals surface area contributed by atoms with Crippen LogP contribution in [0.4, 0.5) is 0 Å². The molecule has 0 amide bonds. The van der Waals surface area contributed by atoms with Gasteiger partial charge in [0, 0.05) is 36.2 Å². The van der Waals surface area contributed by atoms with Gasteiger partial charge in [-0.25, -0.2) is 4.98 Å². The van der Waals surface area contributed by atoms with Crippen LogP contribution in [0.2, 0.25) is 0 Å². The van der Waals surface area contributed by atoms with E-state index in [4.69, 9.17) is 0 Å². The average Bonchev–Trinajstić information content (AvgIpc) is 2.91. The summed E-state index contributed by atoms with van der Waals surface area (Å²) in [7, 11) is 0. The number of thiazole rings is 1. The number of hydrogen-bond acceptors (Lipinski definition) is 4. The van der Waals surface area contributed by atoms with Gasteiger partial charge in [0.25, 0.3) is 0 Å². The maximum Gasteiger partial charge on any atom is 0.109 e. The molecule has 3 unspecified atom stereocenters. The normalized spacial score (nSPS) is 30.7. The quantitative estimate of drug-likeness (QED) is 0.918. The maximum atomic E-state index is 4.52. The van der Waals surface area contributed by atoms with Crippen LogP contribution in [-0.2, 0) is 0 Å². The first-order valence-electron chi connectivity index (χ1n) is 7.37. The second-order valence-corrected chi connectivity index (χ2v) is 7.25. The van der Waals surface area contributed by atoms with Crippen LogP contribution < -0.4 is 5.32 Å². The van der Waals surface area contributed by atoms with Crippen molar-refractivity contribution in [2.24, 2.45) is 5.92 Å². The first-order valence-corrected chi connectivity index (χ1v) is 8.25. The second-order valence-electron chi connectivity index (χ2n) is 6.33. The molecule has 1 fully saturated rings. The second kappa shape index (κ2) is 5.90. The topological polar surface area (TPSA) is 28.2 Å². The van der Waals surface area contributed by atoms with Gasteiger partial charge in [0.2, 0.25) is 0 Å². The van der Waals surface area contributed by atoms with Gasteiger partial charge in [-0.15, -0.1) is 11.3 Å². The van der Waals surface area contributed by atoms with Crippen molar-refractivity contribution in [1.29, 1.82) is 0 Å². The molecule has 0 aromatic carbocycles. The van der Waals surface area contributed by atoms with Gasteiger partial charge >= 0.3 is 0 Å². The molecule has 1 aromatic rings. The summed E-state index contributed by atoms with van der Waals surface area (Å²) in [5.41, 5.74) is 0.233. The molecule has 3 atom stereocenters. The highest BCUT2D eigenvalue weighted by atomic mass is 32.1. The molecule has 2 heterocycles. The van der Waals surface area contributed by atoms with E-state index >= 15 is 0 Å². The third kappa shape index (κ3) is 3.18. The lowest BCUT2D eigenvalue weighted by Gasteiger charge is -2.49. The molecule has 0 radical (unpaired) electrons. The Hall–Kier alpha value is -0.450. The van der Waals surface area contributed by atoms with Gasteiger partial charge in [-0.3, -0.25) is 4.90 Å². The standard InChI is InChI=1S/C15H27N3S/c1-6-15(5)10-18(13(9-17-15)11(2)3)12(4)14-16-7-8-19-14/h7-8,11-13,17H,6,9-10H2,1-5H3. The van der Waals surface area contributed by atoms with Gasteiger partial charge < -0.3 is 5.32 Å². The number of piperazine rings is 1. The highest BCUT2D eigenvalue weighted by molar-refractivity contribution is 7.09. The zero-order chi connectivity index (χ0) is 14.0. The average molecular weight is 281 g/mol. The van der Waals surface area contributed by atoms with Crippen molar-refractivity contribution < 1.29 is 0 Å². The van der Waals surface area contributed by atoms with E-state index < -0.39 is 0 Å². The lowest BCUT2D eigenvalue weighted by molar-refractivity contribution is 0.0295. The Morgan fingerprint density at radius 2 is 2.26 bits per heavy atom. The molecule has 1 N–H and O–H groups in total. The third-order valence-electron chi connectivity index (χ3n) is 4.55. The minimum Gasteiger partial charge on any atom is -0.309 e. The molecule has 1 aliphatic heterocycles. The van der Waals surface area contributed by atoms with Crippen molar-refractivity contribution >= 4 is 11.3 Å². The number of nitrogens with zero attached hydrogens (tertiary/aromatic N) is 2. The van der Waals surface area contributed by atoms with Gasteiger partial charge in [0.05, 0.1) is 6.04 Å². The predicted octanol–water partition coefficient (Wildman–Crippen LogP) is 3.30. The van der Waals surface area contributed by atoms with E-state index in [0.29, 0.717) is 18.0 Å². The van der Waals surface area contributed by atoms with Crippen LogP contribution in [0.5, 0.6) is 0 Å². The van der Waals surface area contributed by atoms with Crippen LogP contribution in [-0.4, -0.2) is 34.6 Å². The summed E-state index contributed by atoms with van der Waals surface area (Å²) in [6.45, 7) is 13.7. The highest BCUT2D eigenvalue weighted by Gasteiger charge is 2.38. The molecule has 0 spiro atoms. The molecule has 1 aliphatic rings. The molecule has 0 aliphatic carbocycles. The monoisotopic (exact) mass is 281 g/mol. The van der Waals surface area contributed by atoms with Gasteiger partial charge in [-0.05, 0) is 26.2 Å². The number of nitrogens with one attached hydrogen (secondary N) is 1. The molecule has 1 aromatic heterocycles. The molecule has 1 saturated heterocycles. The van der Waals surface area contributed by atoms with E-state index in [9.17, 15) is 0 Å². The summed E-state index contributed by atoms with van der Waals surface area (Å²) in [5, 5.41) is 7.07. The first-order chi connectivity index (χ1) is 8.97. The molecule has 0 bridgehead atoms. The van der Waals surface area contributed by atoms with E-state index in [-0.39, 0.29) is 5.54 Å². The van der Waals surface area contributed by atoms with Crippen LogP contribution >= 0.6 is 11.3 Å². The van der Waals surface area contributed by atoms with E-state index in [1.54, 1.807) is 11.3 Å². The number of rotatable bonds is 4. The zero-order valence-corrected chi connectivity index (χ0v) is 13.6. The van der Waals surface area contributed by atoms with Crippen LogP contribution in [0, 0.1) is 5.92 Å². The fraction of sp³-hybridized carbons (Fsp3) is 0.800. The van der Waals surface area contributed by atoms with Crippen LogP contribution in [0.3, 0.4) is 0 Å². The van der Waals surface area contributed by atoms with E-state index in [1.165, 1.54) is 11.4 Å². The smallest absolute Gasteiger partial charge is 0.109 e. The summed E-state index contributed by atoms with van der Waals surface area (Å²) in [5.74, 6) is 0.663. The van der Waals surface area contributed by atoms with Crippen LogP contribution in [0.15, 0.2) is 11.6 Å². The first kappa shape index (κ1) is 14.9. The maximum absolute atomic E-state index is 4.52. The largest absolute Gasteiger partial charge is 0.309 e. The summed E-state index contributed by atoms with van der Waals surface area (Å²) >= 11 is 1.77. The summed E-state index contributed by atoms with van der Waals surface area (Å²) < 4.78 is 0. The van der Waals surface area contributed by atoms with Crippen LogP contribution in [0.25, 0.3) is 0 Å². The van der Waals surface area contributed by atoms with Crippen molar-refractivity contribution in [2.75, 3.05) is 13.1 Å². The van der Waals surface area contributed by atoms with E-state index in [0.717, 1.165) is 13.1 Å². The molecular weight excluding hydrogens is 254 g/mol. The molecule has 3 nitrogen and oxygen atoms in total. The molecule has 0 saturated carbocycles. The van der Waals surface area contributed by atoms with Crippen molar-refractivity contribution in [2.45, 2.75) is 58.7 Å². The van der Waals surface area contributed by atoms with Gasteiger partial charge in [0.1, 0.15) is 5.01 Å². The minimum absolute atomic E-state index is 0.233. The van der Waals surface area contributed by atoms with Crippen molar-refractivity contribution in [3.05, 3.63) is 16.6 Å². The molecule has 2 rings (SSSR count).